The van der Waals surface area contributed by atoms with Crippen LogP contribution in [0.4, 0.5) is 0 Å². The van der Waals surface area contributed by atoms with Gasteiger partial charge in [0.1, 0.15) is 0 Å². The zero-order chi connectivity index (χ0) is 13.1. The van der Waals surface area contributed by atoms with Crippen LogP contribution in [0.3, 0.4) is 0 Å². The van der Waals surface area contributed by atoms with Crippen LogP contribution in [0.15, 0.2) is 11.6 Å². The molecular weight excluding hydrogens is 220 g/mol. The summed E-state index contributed by atoms with van der Waals surface area (Å²) in [6.45, 7) is 9.12. The Labute approximate surface area is 111 Å². The highest BCUT2D eigenvalue weighted by molar-refractivity contribution is 5.88. The number of allylic oxidation sites excluding steroid dienone is 2. The summed E-state index contributed by atoms with van der Waals surface area (Å²) in [5.74, 6) is 2.81. The van der Waals surface area contributed by atoms with Crippen molar-refractivity contribution < 1.29 is 4.79 Å². The number of carbonyl (C=O) groups is 1. The zero-order valence-electron chi connectivity index (χ0n) is 12.3. The minimum atomic E-state index is 0.250. The van der Waals surface area contributed by atoms with Gasteiger partial charge < -0.3 is 0 Å². The lowest BCUT2D eigenvalue weighted by Gasteiger charge is -2.37. The molecular formula is C17H26O. The van der Waals surface area contributed by atoms with Crippen LogP contribution in [0.1, 0.15) is 59.8 Å². The van der Waals surface area contributed by atoms with Gasteiger partial charge in [0.15, 0.2) is 5.78 Å². The molecule has 0 aromatic heterocycles. The molecule has 0 radical (unpaired) electrons. The van der Waals surface area contributed by atoms with E-state index < -0.39 is 0 Å². The molecule has 3 aliphatic carbocycles. The van der Waals surface area contributed by atoms with Crippen LogP contribution in [-0.4, -0.2) is 5.78 Å². The van der Waals surface area contributed by atoms with Crippen LogP contribution in [-0.2, 0) is 4.79 Å². The van der Waals surface area contributed by atoms with Crippen molar-refractivity contribution in [2.24, 2.45) is 28.6 Å². The second kappa shape index (κ2) is 3.71. The Morgan fingerprint density at radius 3 is 2.72 bits per heavy atom. The predicted molar refractivity (Wildman–Crippen MR) is 74.2 cm³/mol. The van der Waals surface area contributed by atoms with E-state index in [4.69, 9.17) is 0 Å². The Hall–Kier alpha value is -0.590. The fourth-order valence-electron chi connectivity index (χ4n) is 5.84. The summed E-state index contributed by atoms with van der Waals surface area (Å²) in [4.78, 5) is 11.5. The van der Waals surface area contributed by atoms with Crippen molar-refractivity contribution in [1.29, 1.82) is 0 Å². The molecule has 2 bridgehead atoms. The van der Waals surface area contributed by atoms with E-state index in [1.54, 1.807) is 6.92 Å². The van der Waals surface area contributed by atoms with Crippen molar-refractivity contribution >= 4 is 5.78 Å². The lowest BCUT2D eigenvalue weighted by Crippen LogP contribution is -2.28. The fourth-order valence-corrected chi connectivity index (χ4v) is 5.84. The van der Waals surface area contributed by atoms with E-state index in [0.29, 0.717) is 10.8 Å². The molecule has 2 unspecified atom stereocenters. The minimum absolute atomic E-state index is 0.250. The number of ketones is 1. The molecule has 0 N–H and O–H groups in total. The molecule has 1 heteroatoms. The molecule has 100 valence electrons. The second-order valence-electron chi connectivity index (χ2n) is 7.68. The fraction of sp³-hybridized carbons (Fsp3) is 0.824. The maximum Gasteiger partial charge on any atom is 0.152 e. The molecule has 3 saturated carbocycles. The van der Waals surface area contributed by atoms with E-state index >= 15 is 0 Å². The molecule has 0 aromatic carbocycles. The molecule has 0 aromatic rings. The zero-order valence-corrected chi connectivity index (χ0v) is 12.3. The van der Waals surface area contributed by atoms with Gasteiger partial charge in [0.25, 0.3) is 0 Å². The third-order valence-electron chi connectivity index (χ3n) is 6.56. The van der Waals surface area contributed by atoms with E-state index in [2.05, 4.69) is 20.8 Å². The first-order valence-corrected chi connectivity index (χ1v) is 7.59. The molecule has 0 heterocycles. The van der Waals surface area contributed by atoms with Gasteiger partial charge in [-0.3, -0.25) is 4.79 Å². The van der Waals surface area contributed by atoms with Crippen LogP contribution in [0.5, 0.6) is 0 Å². The van der Waals surface area contributed by atoms with E-state index in [1.165, 1.54) is 37.7 Å². The van der Waals surface area contributed by atoms with Crippen LogP contribution in [0.2, 0.25) is 0 Å². The third-order valence-corrected chi connectivity index (χ3v) is 6.56. The highest BCUT2D eigenvalue weighted by Crippen LogP contribution is 2.72. The van der Waals surface area contributed by atoms with Crippen LogP contribution < -0.4 is 0 Å². The largest absolute Gasteiger partial charge is 0.295 e. The van der Waals surface area contributed by atoms with Crippen molar-refractivity contribution in [3.63, 3.8) is 0 Å². The predicted octanol–water partition coefficient (Wildman–Crippen LogP) is 4.37. The number of hydrogen-bond donors (Lipinski definition) is 0. The third kappa shape index (κ3) is 1.42. The summed E-state index contributed by atoms with van der Waals surface area (Å²) in [5, 5.41) is 0. The molecule has 18 heavy (non-hydrogen) atoms. The van der Waals surface area contributed by atoms with Gasteiger partial charge in [-0.05, 0) is 73.7 Å². The van der Waals surface area contributed by atoms with Gasteiger partial charge in [-0.2, -0.15) is 0 Å². The van der Waals surface area contributed by atoms with Gasteiger partial charge in [-0.25, -0.2) is 0 Å². The SMILES string of the molecule is CC(=O)/C=C1/CCC2C(C)(C)C3C[C@@]12CC[C@@H]3C. The maximum atomic E-state index is 11.5. The summed E-state index contributed by atoms with van der Waals surface area (Å²) in [6.07, 6.45) is 8.52. The van der Waals surface area contributed by atoms with Crippen molar-refractivity contribution in [1.82, 2.24) is 0 Å². The van der Waals surface area contributed by atoms with Crippen LogP contribution in [0, 0.1) is 28.6 Å². The van der Waals surface area contributed by atoms with E-state index in [1.807, 2.05) is 6.08 Å². The number of fused-ring (bicyclic) bond motifs is 1. The second-order valence-corrected chi connectivity index (χ2v) is 7.68. The summed E-state index contributed by atoms with van der Waals surface area (Å²) in [6, 6.07) is 0. The van der Waals surface area contributed by atoms with Crippen molar-refractivity contribution in [2.75, 3.05) is 0 Å². The molecule has 0 saturated heterocycles. The normalized spacial score (nSPS) is 47.3. The molecule has 0 amide bonds. The summed E-state index contributed by atoms with van der Waals surface area (Å²) >= 11 is 0. The molecule has 3 aliphatic rings. The average Bonchev–Trinajstić information content (AvgIpc) is 2.69. The van der Waals surface area contributed by atoms with Gasteiger partial charge in [-0.15, -0.1) is 0 Å². The lowest BCUT2D eigenvalue weighted by atomic mass is 9.67. The maximum absolute atomic E-state index is 11.5. The molecule has 0 aliphatic heterocycles. The highest BCUT2D eigenvalue weighted by atomic mass is 16.1. The smallest absolute Gasteiger partial charge is 0.152 e. The first-order chi connectivity index (χ1) is 8.38. The summed E-state index contributed by atoms with van der Waals surface area (Å²) in [7, 11) is 0. The quantitative estimate of drug-likeness (QED) is 0.628. The van der Waals surface area contributed by atoms with Crippen molar-refractivity contribution in [2.45, 2.75) is 59.8 Å². The number of rotatable bonds is 1. The lowest BCUT2D eigenvalue weighted by molar-refractivity contribution is -0.112. The summed E-state index contributed by atoms with van der Waals surface area (Å²) in [5.41, 5.74) is 2.39. The first-order valence-electron chi connectivity index (χ1n) is 7.59. The molecule has 1 spiro atoms. The van der Waals surface area contributed by atoms with Crippen LogP contribution >= 0.6 is 0 Å². The number of hydrogen-bond acceptors (Lipinski definition) is 1. The average molecular weight is 246 g/mol. The van der Waals surface area contributed by atoms with Gasteiger partial charge in [0, 0.05) is 0 Å². The van der Waals surface area contributed by atoms with E-state index in [9.17, 15) is 4.79 Å². The summed E-state index contributed by atoms with van der Waals surface area (Å²) < 4.78 is 0. The molecule has 1 nitrogen and oxygen atoms in total. The van der Waals surface area contributed by atoms with Crippen LogP contribution in [0.25, 0.3) is 0 Å². The Kier molecular flexibility index (Phi) is 2.56. The number of carbonyl (C=O) groups excluding carboxylic acids is 1. The Bertz CT molecular complexity index is 417. The Morgan fingerprint density at radius 2 is 2.06 bits per heavy atom. The minimum Gasteiger partial charge on any atom is -0.295 e. The standard InChI is InChI=1S/C17H26O/c1-11-7-8-17-10-14(11)16(3,4)15(17)6-5-13(17)9-12(2)18/h9,11,14-15H,5-8,10H2,1-4H3/b13-9-/t11-,14?,15?,17-/m0/s1. The molecule has 3 rings (SSSR count). The van der Waals surface area contributed by atoms with Crippen molar-refractivity contribution in [3.05, 3.63) is 11.6 Å². The van der Waals surface area contributed by atoms with Gasteiger partial charge in [-0.1, -0.05) is 26.3 Å². The Morgan fingerprint density at radius 1 is 1.33 bits per heavy atom. The van der Waals surface area contributed by atoms with Crippen molar-refractivity contribution in [3.8, 4) is 0 Å². The van der Waals surface area contributed by atoms with Gasteiger partial charge in [0.2, 0.25) is 0 Å². The highest BCUT2D eigenvalue weighted by Gasteiger charge is 2.63. The topological polar surface area (TPSA) is 17.1 Å². The van der Waals surface area contributed by atoms with E-state index in [0.717, 1.165) is 17.8 Å². The van der Waals surface area contributed by atoms with E-state index in [-0.39, 0.29) is 5.78 Å². The van der Waals surface area contributed by atoms with Gasteiger partial charge >= 0.3 is 0 Å². The van der Waals surface area contributed by atoms with Gasteiger partial charge in [0.05, 0.1) is 0 Å². The first kappa shape index (κ1) is 12.4. The molecule has 4 atom stereocenters. The molecule has 3 fully saturated rings. The monoisotopic (exact) mass is 246 g/mol. The Balaban J connectivity index is 2.05.